The molecule has 0 aliphatic carbocycles. The minimum absolute atomic E-state index is 0.0715. The van der Waals surface area contributed by atoms with Crippen LogP contribution in [0.15, 0.2) is 12.1 Å². The Kier molecular flexibility index (Phi) is 5.55. The minimum atomic E-state index is -0.0715. The summed E-state index contributed by atoms with van der Waals surface area (Å²) in [5, 5.41) is 0. The fraction of sp³-hybridized carbons (Fsp3) is 0.562. The number of amides is 1. The van der Waals surface area contributed by atoms with E-state index in [-0.39, 0.29) is 11.9 Å². The van der Waals surface area contributed by atoms with Gasteiger partial charge in [0.15, 0.2) is 0 Å². The molecule has 0 aromatic heterocycles. The topological polar surface area (TPSA) is 46.3 Å². The zero-order chi connectivity index (χ0) is 14.6. The second-order valence-corrected chi connectivity index (χ2v) is 5.62. The highest BCUT2D eigenvalue weighted by Gasteiger charge is 2.12. The number of hydrogen-bond acceptors (Lipinski definition) is 2. The van der Waals surface area contributed by atoms with Crippen LogP contribution in [0.5, 0.6) is 0 Å². The second-order valence-electron chi connectivity index (χ2n) is 5.62. The first-order chi connectivity index (χ1) is 8.81. The van der Waals surface area contributed by atoms with E-state index in [9.17, 15) is 4.79 Å². The van der Waals surface area contributed by atoms with Crippen molar-refractivity contribution in [1.82, 2.24) is 4.90 Å². The van der Waals surface area contributed by atoms with Crippen molar-refractivity contribution >= 4 is 5.91 Å². The third-order valence-corrected chi connectivity index (χ3v) is 3.46. The number of carbonyl (C=O) groups is 1. The number of nitrogens with zero attached hydrogens (tertiary/aromatic N) is 1. The van der Waals surface area contributed by atoms with E-state index in [1.54, 1.807) is 4.90 Å². The Morgan fingerprint density at radius 3 is 2.26 bits per heavy atom. The minimum Gasteiger partial charge on any atom is -0.345 e. The van der Waals surface area contributed by atoms with Crippen molar-refractivity contribution in [2.24, 2.45) is 5.73 Å². The van der Waals surface area contributed by atoms with E-state index in [0.29, 0.717) is 6.42 Å². The van der Waals surface area contributed by atoms with Gasteiger partial charge in [0.2, 0.25) is 5.91 Å². The number of aryl methyl sites for hydroxylation is 3. The molecule has 3 heteroatoms. The standard InChI is InChI=1S/C16H26N2O/c1-11-8-12(2)15(13(3)9-11)6-7-18(5)16(19)10-14(4)17/h8-9,14H,6-7,10,17H2,1-5H3. The molecule has 1 amide bonds. The van der Waals surface area contributed by atoms with Crippen LogP contribution in [0, 0.1) is 20.8 Å². The van der Waals surface area contributed by atoms with E-state index in [1.807, 2.05) is 14.0 Å². The number of rotatable bonds is 5. The summed E-state index contributed by atoms with van der Waals surface area (Å²) in [6.07, 6.45) is 1.32. The van der Waals surface area contributed by atoms with Crippen molar-refractivity contribution in [2.75, 3.05) is 13.6 Å². The van der Waals surface area contributed by atoms with Gasteiger partial charge < -0.3 is 10.6 Å². The predicted octanol–water partition coefficient (Wildman–Crippen LogP) is 2.35. The first-order valence-electron chi connectivity index (χ1n) is 6.87. The van der Waals surface area contributed by atoms with Crippen LogP contribution in [0.25, 0.3) is 0 Å². The molecule has 19 heavy (non-hydrogen) atoms. The molecule has 1 rings (SSSR count). The van der Waals surface area contributed by atoms with E-state index >= 15 is 0 Å². The Bertz CT molecular complexity index is 429. The van der Waals surface area contributed by atoms with E-state index in [4.69, 9.17) is 5.73 Å². The molecule has 1 unspecified atom stereocenters. The lowest BCUT2D eigenvalue weighted by molar-refractivity contribution is -0.130. The molecule has 3 nitrogen and oxygen atoms in total. The molecule has 0 radical (unpaired) electrons. The van der Waals surface area contributed by atoms with Crippen molar-refractivity contribution in [3.8, 4) is 0 Å². The van der Waals surface area contributed by atoms with Crippen molar-refractivity contribution < 1.29 is 4.79 Å². The van der Waals surface area contributed by atoms with E-state index in [2.05, 4.69) is 32.9 Å². The monoisotopic (exact) mass is 262 g/mol. The number of nitrogens with two attached hydrogens (primary N) is 1. The molecule has 1 atom stereocenters. The van der Waals surface area contributed by atoms with Gasteiger partial charge in [-0.05, 0) is 50.8 Å². The van der Waals surface area contributed by atoms with Crippen molar-refractivity contribution in [3.63, 3.8) is 0 Å². The van der Waals surface area contributed by atoms with Crippen LogP contribution < -0.4 is 5.73 Å². The van der Waals surface area contributed by atoms with Crippen LogP contribution in [0.2, 0.25) is 0 Å². The summed E-state index contributed by atoms with van der Waals surface area (Å²) in [6.45, 7) is 9.00. The smallest absolute Gasteiger partial charge is 0.223 e. The Balaban J connectivity index is 2.65. The van der Waals surface area contributed by atoms with Gasteiger partial charge in [-0.25, -0.2) is 0 Å². The molecule has 1 aromatic rings. The summed E-state index contributed by atoms with van der Waals surface area (Å²) in [6, 6.07) is 4.33. The predicted molar refractivity (Wildman–Crippen MR) is 80.3 cm³/mol. The third-order valence-electron chi connectivity index (χ3n) is 3.46. The lowest BCUT2D eigenvalue weighted by Crippen LogP contribution is -2.33. The first-order valence-corrected chi connectivity index (χ1v) is 6.87. The average molecular weight is 262 g/mol. The molecule has 0 heterocycles. The fourth-order valence-electron chi connectivity index (χ4n) is 2.44. The molecule has 0 fully saturated rings. The van der Waals surface area contributed by atoms with Gasteiger partial charge in [-0.2, -0.15) is 0 Å². The summed E-state index contributed by atoms with van der Waals surface area (Å²) in [5.74, 6) is 0.123. The second kappa shape index (κ2) is 6.71. The molecule has 0 saturated carbocycles. The third kappa shape index (κ3) is 4.67. The van der Waals surface area contributed by atoms with Gasteiger partial charge in [0, 0.05) is 26.1 Å². The van der Waals surface area contributed by atoms with Crippen molar-refractivity contribution in [1.29, 1.82) is 0 Å². The molecule has 0 saturated heterocycles. The van der Waals surface area contributed by atoms with Crippen LogP contribution >= 0.6 is 0 Å². The molecule has 0 aliphatic heterocycles. The van der Waals surface area contributed by atoms with Crippen LogP contribution in [0.4, 0.5) is 0 Å². The molecule has 2 N–H and O–H groups in total. The highest BCUT2D eigenvalue weighted by atomic mass is 16.2. The van der Waals surface area contributed by atoms with E-state index in [1.165, 1.54) is 22.3 Å². The van der Waals surface area contributed by atoms with Gasteiger partial charge in [0.1, 0.15) is 0 Å². The molecule has 0 aliphatic rings. The highest BCUT2D eigenvalue weighted by molar-refractivity contribution is 5.76. The zero-order valence-electron chi connectivity index (χ0n) is 12.8. The van der Waals surface area contributed by atoms with Crippen LogP contribution in [-0.2, 0) is 11.2 Å². The molecule has 0 spiro atoms. The largest absolute Gasteiger partial charge is 0.345 e. The van der Waals surface area contributed by atoms with Crippen molar-refractivity contribution in [2.45, 2.75) is 46.6 Å². The highest BCUT2D eigenvalue weighted by Crippen LogP contribution is 2.17. The molecular formula is C16H26N2O. The van der Waals surface area contributed by atoms with Crippen LogP contribution in [0.1, 0.15) is 35.6 Å². The van der Waals surface area contributed by atoms with E-state index in [0.717, 1.165) is 13.0 Å². The normalized spacial score (nSPS) is 12.3. The summed E-state index contributed by atoms with van der Waals surface area (Å²) in [7, 11) is 1.85. The molecule has 106 valence electrons. The maximum atomic E-state index is 11.8. The Hall–Kier alpha value is -1.35. The Labute approximate surface area is 116 Å². The van der Waals surface area contributed by atoms with Gasteiger partial charge in [0.05, 0.1) is 0 Å². The van der Waals surface area contributed by atoms with Gasteiger partial charge in [-0.15, -0.1) is 0 Å². The van der Waals surface area contributed by atoms with Gasteiger partial charge in [-0.3, -0.25) is 4.79 Å². The molecular weight excluding hydrogens is 236 g/mol. The Morgan fingerprint density at radius 1 is 1.26 bits per heavy atom. The molecule has 1 aromatic carbocycles. The maximum Gasteiger partial charge on any atom is 0.223 e. The summed E-state index contributed by atoms with van der Waals surface area (Å²) < 4.78 is 0. The SMILES string of the molecule is Cc1cc(C)c(CCN(C)C(=O)CC(C)N)c(C)c1. The average Bonchev–Trinajstić information content (AvgIpc) is 2.26. The summed E-state index contributed by atoms with van der Waals surface area (Å²) in [5.41, 5.74) is 10.9. The lowest BCUT2D eigenvalue weighted by Gasteiger charge is -2.20. The quantitative estimate of drug-likeness (QED) is 0.885. The number of hydrogen-bond donors (Lipinski definition) is 1. The first kappa shape index (κ1) is 15.7. The van der Waals surface area contributed by atoms with E-state index < -0.39 is 0 Å². The fourth-order valence-corrected chi connectivity index (χ4v) is 2.44. The van der Waals surface area contributed by atoms with Gasteiger partial charge in [-0.1, -0.05) is 17.7 Å². The summed E-state index contributed by atoms with van der Waals surface area (Å²) >= 11 is 0. The lowest BCUT2D eigenvalue weighted by atomic mass is 9.97. The maximum absolute atomic E-state index is 11.8. The zero-order valence-corrected chi connectivity index (χ0v) is 12.8. The Morgan fingerprint density at radius 2 is 1.79 bits per heavy atom. The molecule has 0 bridgehead atoms. The van der Waals surface area contributed by atoms with Gasteiger partial charge >= 0.3 is 0 Å². The number of likely N-dealkylation sites (N-methyl/N-ethyl adjacent to an activating group) is 1. The number of benzene rings is 1. The van der Waals surface area contributed by atoms with Crippen LogP contribution in [0.3, 0.4) is 0 Å². The van der Waals surface area contributed by atoms with Gasteiger partial charge in [0.25, 0.3) is 0 Å². The summed E-state index contributed by atoms with van der Waals surface area (Å²) in [4.78, 5) is 13.6. The van der Waals surface area contributed by atoms with Crippen LogP contribution in [-0.4, -0.2) is 30.4 Å². The number of carbonyl (C=O) groups excluding carboxylic acids is 1. The van der Waals surface area contributed by atoms with Crippen molar-refractivity contribution in [3.05, 3.63) is 34.4 Å².